The van der Waals surface area contributed by atoms with Crippen LogP contribution in [0.4, 0.5) is 0 Å². The van der Waals surface area contributed by atoms with Crippen LogP contribution in [0.25, 0.3) is 11.0 Å². The maximum Gasteiger partial charge on any atom is 0.302 e. The Morgan fingerprint density at radius 2 is 2.36 bits per heavy atom. The van der Waals surface area contributed by atoms with E-state index in [4.69, 9.17) is 4.74 Å². The fourth-order valence-electron chi connectivity index (χ4n) is 1.16. The summed E-state index contributed by atoms with van der Waals surface area (Å²) in [5, 5.41) is 0. The van der Waals surface area contributed by atoms with Gasteiger partial charge < -0.3 is 4.74 Å². The van der Waals surface area contributed by atoms with Gasteiger partial charge in [-0.25, -0.2) is 0 Å². The zero-order valence-electron chi connectivity index (χ0n) is 7.56. The van der Waals surface area contributed by atoms with E-state index in [-0.39, 0.29) is 12.6 Å². The molecule has 0 aliphatic rings. The molecule has 2 aromatic rings. The van der Waals surface area contributed by atoms with Crippen molar-refractivity contribution in [2.75, 3.05) is 0 Å². The summed E-state index contributed by atoms with van der Waals surface area (Å²) < 4.78 is 13.1. The van der Waals surface area contributed by atoms with Crippen molar-refractivity contribution < 1.29 is 9.53 Å². The molecule has 0 atom stereocenters. The van der Waals surface area contributed by atoms with E-state index in [0.717, 1.165) is 28.3 Å². The summed E-state index contributed by atoms with van der Waals surface area (Å²) in [6.07, 6.45) is 0. The van der Waals surface area contributed by atoms with E-state index >= 15 is 0 Å². The van der Waals surface area contributed by atoms with Crippen LogP contribution in [0.2, 0.25) is 0 Å². The van der Waals surface area contributed by atoms with Crippen molar-refractivity contribution in [1.29, 1.82) is 0 Å². The van der Waals surface area contributed by atoms with E-state index in [9.17, 15) is 4.79 Å². The predicted octanol–water partition coefficient (Wildman–Crippen LogP) is 1.75. The summed E-state index contributed by atoms with van der Waals surface area (Å²) in [5.41, 5.74) is 2.56. The van der Waals surface area contributed by atoms with E-state index < -0.39 is 0 Å². The molecule has 0 aliphatic heterocycles. The summed E-state index contributed by atoms with van der Waals surface area (Å²) in [5.74, 6) is -0.287. The topological polar surface area (TPSA) is 52.1 Å². The minimum absolute atomic E-state index is 0.262. The molecule has 1 heterocycles. The molecule has 0 bridgehead atoms. The highest BCUT2D eigenvalue weighted by Crippen LogP contribution is 2.16. The van der Waals surface area contributed by atoms with Crippen LogP contribution in [0.5, 0.6) is 0 Å². The Balaban J connectivity index is 2.32. The highest BCUT2D eigenvalue weighted by atomic mass is 32.1. The van der Waals surface area contributed by atoms with Crippen LogP contribution in [0.3, 0.4) is 0 Å². The molecule has 1 aromatic heterocycles. The fraction of sp³-hybridized carbons (Fsp3) is 0.222. The Hall–Kier alpha value is -1.49. The molecule has 2 rings (SSSR count). The van der Waals surface area contributed by atoms with E-state index in [0.29, 0.717) is 0 Å². The average Bonchev–Trinajstić information content (AvgIpc) is 2.62. The van der Waals surface area contributed by atoms with Gasteiger partial charge in [0.2, 0.25) is 0 Å². The molecule has 0 saturated heterocycles. The van der Waals surface area contributed by atoms with E-state index in [2.05, 4.69) is 8.75 Å². The summed E-state index contributed by atoms with van der Waals surface area (Å²) in [6.45, 7) is 1.65. The number of hydrogen-bond acceptors (Lipinski definition) is 5. The molecule has 14 heavy (non-hydrogen) atoms. The maximum atomic E-state index is 10.6. The van der Waals surface area contributed by atoms with E-state index in [1.54, 1.807) is 0 Å². The lowest BCUT2D eigenvalue weighted by Gasteiger charge is -2.01. The minimum atomic E-state index is -0.287. The summed E-state index contributed by atoms with van der Waals surface area (Å²) in [4.78, 5) is 10.6. The Kier molecular flexibility index (Phi) is 2.41. The Labute approximate surface area is 84.8 Å². The molecule has 4 nitrogen and oxygen atoms in total. The van der Waals surface area contributed by atoms with E-state index in [1.807, 2.05) is 18.2 Å². The van der Waals surface area contributed by atoms with Crippen LogP contribution >= 0.6 is 11.7 Å². The number of carbonyl (C=O) groups excluding carboxylic acids is 1. The minimum Gasteiger partial charge on any atom is -0.461 e. The number of ether oxygens (including phenoxy) is 1. The van der Waals surface area contributed by atoms with Gasteiger partial charge in [0.25, 0.3) is 0 Å². The Morgan fingerprint density at radius 3 is 3.14 bits per heavy atom. The number of esters is 1. The SMILES string of the molecule is CC(=O)OCc1cccc2nsnc12. The van der Waals surface area contributed by atoms with Crippen molar-refractivity contribution in [2.24, 2.45) is 0 Å². The molecule has 5 heteroatoms. The van der Waals surface area contributed by atoms with Crippen molar-refractivity contribution >= 4 is 28.7 Å². The molecular weight excluding hydrogens is 200 g/mol. The summed E-state index contributed by atoms with van der Waals surface area (Å²) in [6, 6.07) is 5.64. The smallest absolute Gasteiger partial charge is 0.302 e. The van der Waals surface area contributed by atoms with Gasteiger partial charge in [0.1, 0.15) is 17.6 Å². The first-order chi connectivity index (χ1) is 6.77. The monoisotopic (exact) mass is 208 g/mol. The van der Waals surface area contributed by atoms with Crippen molar-refractivity contribution in [2.45, 2.75) is 13.5 Å². The lowest BCUT2D eigenvalue weighted by atomic mass is 10.2. The molecule has 0 fully saturated rings. The first-order valence-corrected chi connectivity index (χ1v) is 4.84. The number of fused-ring (bicyclic) bond motifs is 1. The molecule has 1 aromatic carbocycles. The molecule has 0 aliphatic carbocycles. The van der Waals surface area contributed by atoms with E-state index in [1.165, 1.54) is 6.92 Å². The first kappa shape index (κ1) is 9.08. The number of hydrogen-bond donors (Lipinski definition) is 0. The predicted molar refractivity (Wildman–Crippen MR) is 52.9 cm³/mol. The highest BCUT2D eigenvalue weighted by Gasteiger charge is 2.05. The number of aromatic nitrogens is 2. The molecule has 0 unspecified atom stereocenters. The molecule has 0 spiro atoms. The zero-order chi connectivity index (χ0) is 9.97. The van der Waals surface area contributed by atoms with Gasteiger partial charge in [-0.15, -0.1) is 0 Å². The van der Waals surface area contributed by atoms with Crippen molar-refractivity contribution in [3.8, 4) is 0 Å². The van der Waals surface area contributed by atoms with Gasteiger partial charge in [-0.05, 0) is 6.07 Å². The second-order valence-corrected chi connectivity index (χ2v) is 3.36. The lowest BCUT2D eigenvalue weighted by Crippen LogP contribution is -1.99. The van der Waals surface area contributed by atoms with Gasteiger partial charge in [0.05, 0.1) is 11.7 Å². The van der Waals surface area contributed by atoms with Gasteiger partial charge >= 0.3 is 5.97 Å². The van der Waals surface area contributed by atoms with Gasteiger partial charge in [-0.1, -0.05) is 12.1 Å². The van der Waals surface area contributed by atoms with Gasteiger partial charge in [0, 0.05) is 12.5 Å². The Bertz CT molecular complexity index is 467. The van der Waals surface area contributed by atoms with Crippen molar-refractivity contribution in [3.63, 3.8) is 0 Å². The second kappa shape index (κ2) is 3.71. The largest absolute Gasteiger partial charge is 0.461 e. The Morgan fingerprint density at radius 1 is 1.50 bits per heavy atom. The van der Waals surface area contributed by atoms with Crippen LogP contribution < -0.4 is 0 Å². The van der Waals surface area contributed by atoms with Crippen LogP contribution in [-0.4, -0.2) is 14.7 Å². The third-order valence-corrected chi connectivity index (χ3v) is 2.34. The van der Waals surface area contributed by atoms with Crippen LogP contribution in [0.1, 0.15) is 12.5 Å². The fourth-order valence-corrected chi connectivity index (χ4v) is 1.73. The van der Waals surface area contributed by atoms with Crippen molar-refractivity contribution in [1.82, 2.24) is 8.75 Å². The zero-order valence-corrected chi connectivity index (χ0v) is 8.37. The summed E-state index contributed by atoms with van der Waals surface area (Å²) >= 11 is 1.16. The molecule has 0 saturated carbocycles. The number of benzene rings is 1. The quantitative estimate of drug-likeness (QED) is 0.705. The second-order valence-electron chi connectivity index (χ2n) is 2.83. The first-order valence-electron chi connectivity index (χ1n) is 4.11. The molecule has 0 radical (unpaired) electrons. The maximum absolute atomic E-state index is 10.6. The highest BCUT2D eigenvalue weighted by molar-refractivity contribution is 7.00. The van der Waals surface area contributed by atoms with Crippen LogP contribution in [0.15, 0.2) is 18.2 Å². The average molecular weight is 208 g/mol. The van der Waals surface area contributed by atoms with Gasteiger partial charge in [-0.3, -0.25) is 4.79 Å². The standard InChI is InChI=1S/C9H8N2O2S/c1-6(12)13-5-7-3-2-4-8-9(7)11-14-10-8/h2-4H,5H2,1H3. The third kappa shape index (κ3) is 1.72. The number of rotatable bonds is 2. The molecule has 0 amide bonds. The lowest BCUT2D eigenvalue weighted by molar-refractivity contribution is -0.142. The van der Waals surface area contributed by atoms with Crippen LogP contribution in [-0.2, 0) is 16.1 Å². The summed E-state index contributed by atoms with van der Waals surface area (Å²) in [7, 11) is 0. The molecular formula is C9H8N2O2S. The molecule has 0 N–H and O–H groups in total. The normalized spacial score (nSPS) is 10.4. The number of nitrogens with zero attached hydrogens (tertiary/aromatic N) is 2. The van der Waals surface area contributed by atoms with Gasteiger partial charge in [0.15, 0.2) is 0 Å². The number of carbonyl (C=O) groups is 1. The molecule has 72 valence electrons. The van der Waals surface area contributed by atoms with Crippen LogP contribution in [0, 0.1) is 0 Å². The van der Waals surface area contributed by atoms with Gasteiger partial charge in [-0.2, -0.15) is 8.75 Å². The third-order valence-electron chi connectivity index (χ3n) is 1.80. The van der Waals surface area contributed by atoms with Crippen molar-refractivity contribution in [3.05, 3.63) is 23.8 Å².